The third-order valence-corrected chi connectivity index (χ3v) is 2.49. The van der Waals surface area contributed by atoms with E-state index in [9.17, 15) is 9.59 Å². The predicted octanol–water partition coefficient (Wildman–Crippen LogP) is -0.460. The van der Waals surface area contributed by atoms with Gasteiger partial charge in [-0.05, 0) is 6.42 Å². The minimum absolute atomic E-state index is 0.128. The van der Waals surface area contributed by atoms with Crippen LogP contribution in [0.15, 0.2) is 15.8 Å². The number of ether oxygens (including phenoxy) is 2. The van der Waals surface area contributed by atoms with Crippen molar-refractivity contribution in [2.75, 3.05) is 13.7 Å². The maximum absolute atomic E-state index is 11.5. The van der Waals surface area contributed by atoms with Crippen molar-refractivity contribution in [3.63, 3.8) is 0 Å². The summed E-state index contributed by atoms with van der Waals surface area (Å²) >= 11 is 0. The van der Waals surface area contributed by atoms with Crippen molar-refractivity contribution >= 4 is 0 Å². The molecule has 0 radical (unpaired) electrons. The summed E-state index contributed by atoms with van der Waals surface area (Å²) in [7, 11) is 1.58. The second-order valence-corrected chi connectivity index (χ2v) is 3.38. The van der Waals surface area contributed by atoms with E-state index in [0.717, 1.165) is 6.42 Å². The molecule has 1 aromatic heterocycles. The lowest BCUT2D eigenvalue weighted by Gasteiger charge is -2.15. The highest BCUT2D eigenvalue weighted by Gasteiger charge is 2.31. The van der Waals surface area contributed by atoms with Crippen molar-refractivity contribution in [2.45, 2.75) is 18.6 Å². The van der Waals surface area contributed by atoms with E-state index in [1.54, 1.807) is 7.11 Å². The molecule has 0 aromatic carbocycles. The normalized spacial score (nSPS) is 25.7. The van der Waals surface area contributed by atoms with Crippen molar-refractivity contribution in [3.05, 3.63) is 32.6 Å². The van der Waals surface area contributed by atoms with Crippen molar-refractivity contribution in [2.24, 2.45) is 0 Å². The standard InChI is InChI=1S/C9H12N2O4/c1-14-6-2-3-15-7(6)5-4-10-9(13)11-8(5)12/h4,6-7H,2-3H2,1H3,(H2,10,11,12,13)/t6-,7+/m1/s1. The predicted molar refractivity (Wildman–Crippen MR) is 51.8 cm³/mol. The molecule has 6 heteroatoms. The minimum Gasteiger partial charge on any atom is -0.378 e. The zero-order valence-corrected chi connectivity index (χ0v) is 8.28. The number of rotatable bonds is 2. The van der Waals surface area contributed by atoms with E-state index in [1.165, 1.54) is 6.20 Å². The van der Waals surface area contributed by atoms with Gasteiger partial charge in [0.05, 0.1) is 18.3 Å². The Morgan fingerprint density at radius 3 is 3.00 bits per heavy atom. The highest BCUT2D eigenvalue weighted by Crippen LogP contribution is 2.28. The lowest BCUT2D eigenvalue weighted by molar-refractivity contribution is 0.0140. The molecule has 1 aromatic rings. The fourth-order valence-electron chi connectivity index (χ4n) is 1.73. The molecule has 0 amide bonds. The van der Waals surface area contributed by atoms with Gasteiger partial charge in [0, 0.05) is 13.3 Å². The summed E-state index contributed by atoms with van der Waals surface area (Å²) in [5.41, 5.74) is -0.539. The molecule has 1 saturated heterocycles. The van der Waals surface area contributed by atoms with Gasteiger partial charge >= 0.3 is 5.69 Å². The van der Waals surface area contributed by atoms with Gasteiger partial charge in [0.15, 0.2) is 0 Å². The van der Waals surface area contributed by atoms with Crippen LogP contribution in [0.25, 0.3) is 0 Å². The number of aromatic amines is 2. The minimum atomic E-state index is -0.518. The SMILES string of the molecule is CO[C@@H]1CCO[C@H]1c1c[nH]c(=O)[nH]c1=O. The van der Waals surface area contributed by atoms with E-state index in [-0.39, 0.29) is 6.10 Å². The highest BCUT2D eigenvalue weighted by molar-refractivity contribution is 5.11. The van der Waals surface area contributed by atoms with Crippen molar-refractivity contribution in [1.29, 1.82) is 0 Å². The van der Waals surface area contributed by atoms with E-state index < -0.39 is 17.4 Å². The number of hydrogen-bond acceptors (Lipinski definition) is 4. The van der Waals surface area contributed by atoms with E-state index in [4.69, 9.17) is 9.47 Å². The van der Waals surface area contributed by atoms with Crippen LogP contribution in [0.3, 0.4) is 0 Å². The molecule has 2 rings (SSSR count). The lowest BCUT2D eigenvalue weighted by atomic mass is 10.1. The smallest absolute Gasteiger partial charge is 0.325 e. The van der Waals surface area contributed by atoms with E-state index in [0.29, 0.717) is 12.2 Å². The molecule has 0 bridgehead atoms. The van der Waals surface area contributed by atoms with Gasteiger partial charge in [-0.3, -0.25) is 9.78 Å². The molecule has 2 atom stereocenters. The Balaban J connectivity index is 2.37. The van der Waals surface area contributed by atoms with Crippen molar-refractivity contribution < 1.29 is 9.47 Å². The van der Waals surface area contributed by atoms with Crippen molar-refractivity contribution in [1.82, 2.24) is 9.97 Å². The van der Waals surface area contributed by atoms with Crippen LogP contribution in [0.4, 0.5) is 0 Å². The Hall–Kier alpha value is -1.40. The number of hydrogen-bond donors (Lipinski definition) is 2. The van der Waals surface area contributed by atoms with E-state index in [2.05, 4.69) is 9.97 Å². The molecule has 2 N–H and O–H groups in total. The van der Waals surface area contributed by atoms with Crippen LogP contribution in [0.2, 0.25) is 0 Å². The van der Waals surface area contributed by atoms with Crippen LogP contribution in [0.1, 0.15) is 18.1 Å². The molecule has 1 aliphatic rings. The fraction of sp³-hybridized carbons (Fsp3) is 0.556. The van der Waals surface area contributed by atoms with Gasteiger partial charge < -0.3 is 14.5 Å². The molecular formula is C9H12N2O4. The first-order chi connectivity index (χ1) is 7.22. The molecule has 0 spiro atoms. The Labute approximate surface area is 85.2 Å². The summed E-state index contributed by atoms with van der Waals surface area (Å²) in [6.07, 6.45) is 1.61. The number of aromatic nitrogens is 2. The second-order valence-electron chi connectivity index (χ2n) is 3.38. The van der Waals surface area contributed by atoms with Crippen LogP contribution >= 0.6 is 0 Å². The van der Waals surface area contributed by atoms with Crippen LogP contribution in [0, 0.1) is 0 Å². The Bertz CT molecular complexity index is 450. The molecule has 6 nitrogen and oxygen atoms in total. The maximum atomic E-state index is 11.5. The van der Waals surface area contributed by atoms with Gasteiger partial charge in [-0.15, -0.1) is 0 Å². The first kappa shape index (κ1) is 10.1. The summed E-state index contributed by atoms with van der Waals surface area (Å²) in [6, 6.07) is 0. The van der Waals surface area contributed by atoms with Gasteiger partial charge in [-0.1, -0.05) is 0 Å². The molecule has 0 aliphatic carbocycles. The van der Waals surface area contributed by atoms with Gasteiger partial charge in [0.2, 0.25) is 0 Å². The Morgan fingerprint density at radius 2 is 2.33 bits per heavy atom. The Kier molecular flexibility index (Phi) is 2.70. The first-order valence-electron chi connectivity index (χ1n) is 4.68. The summed E-state index contributed by atoms with van der Waals surface area (Å²) in [5, 5.41) is 0. The summed E-state index contributed by atoms with van der Waals surface area (Å²) in [4.78, 5) is 26.9. The highest BCUT2D eigenvalue weighted by atomic mass is 16.5. The first-order valence-corrected chi connectivity index (χ1v) is 4.68. The average molecular weight is 212 g/mol. The monoisotopic (exact) mass is 212 g/mol. The average Bonchev–Trinajstić information content (AvgIpc) is 2.65. The molecule has 1 fully saturated rings. The lowest BCUT2D eigenvalue weighted by Crippen LogP contribution is -2.29. The molecule has 2 heterocycles. The Morgan fingerprint density at radius 1 is 1.53 bits per heavy atom. The topological polar surface area (TPSA) is 84.2 Å². The fourth-order valence-corrected chi connectivity index (χ4v) is 1.73. The number of nitrogens with one attached hydrogen (secondary N) is 2. The van der Waals surface area contributed by atoms with Gasteiger partial charge in [0.25, 0.3) is 5.56 Å². The molecule has 1 aliphatic heterocycles. The second kappa shape index (κ2) is 4.00. The molecule has 0 unspecified atom stereocenters. The number of H-pyrrole nitrogens is 2. The molecule has 82 valence electrons. The summed E-state index contributed by atoms with van der Waals surface area (Å²) in [6.45, 7) is 0.557. The third-order valence-electron chi connectivity index (χ3n) is 2.49. The quantitative estimate of drug-likeness (QED) is 0.694. The zero-order chi connectivity index (χ0) is 10.8. The number of methoxy groups -OCH3 is 1. The third kappa shape index (κ3) is 1.86. The van der Waals surface area contributed by atoms with E-state index >= 15 is 0 Å². The molecular weight excluding hydrogens is 200 g/mol. The summed E-state index contributed by atoms with van der Waals surface area (Å²) < 4.78 is 10.6. The van der Waals surface area contributed by atoms with Gasteiger partial charge in [-0.2, -0.15) is 0 Å². The molecule has 15 heavy (non-hydrogen) atoms. The summed E-state index contributed by atoms with van der Waals surface area (Å²) in [5.74, 6) is 0. The molecule has 0 saturated carbocycles. The van der Waals surface area contributed by atoms with Gasteiger partial charge in [-0.25, -0.2) is 4.79 Å². The zero-order valence-electron chi connectivity index (χ0n) is 8.28. The van der Waals surface area contributed by atoms with Crippen LogP contribution in [0.5, 0.6) is 0 Å². The van der Waals surface area contributed by atoms with Crippen LogP contribution in [-0.2, 0) is 9.47 Å². The van der Waals surface area contributed by atoms with Crippen LogP contribution in [-0.4, -0.2) is 29.8 Å². The van der Waals surface area contributed by atoms with Crippen LogP contribution < -0.4 is 11.2 Å². The van der Waals surface area contributed by atoms with Crippen molar-refractivity contribution in [3.8, 4) is 0 Å². The van der Waals surface area contributed by atoms with Gasteiger partial charge in [0.1, 0.15) is 6.10 Å². The maximum Gasteiger partial charge on any atom is 0.325 e. The van der Waals surface area contributed by atoms with E-state index in [1.807, 2.05) is 0 Å². The largest absolute Gasteiger partial charge is 0.378 e.